The maximum Gasteiger partial charge on any atom is 0.322 e. The molecule has 1 aromatic rings. The van der Waals surface area contributed by atoms with E-state index in [4.69, 9.17) is 5.11 Å². The number of carbonyl (C=O) groups is 1. The van der Waals surface area contributed by atoms with Crippen LogP contribution in [0.2, 0.25) is 0 Å². The summed E-state index contributed by atoms with van der Waals surface area (Å²) in [5, 5.41) is 11.2. The van der Waals surface area contributed by atoms with Gasteiger partial charge in [0.25, 0.3) is 0 Å². The van der Waals surface area contributed by atoms with E-state index in [1.54, 1.807) is 0 Å². The van der Waals surface area contributed by atoms with E-state index in [2.05, 4.69) is 15.3 Å². The summed E-state index contributed by atoms with van der Waals surface area (Å²) >= 11 is 0. The SMILES string of the molecule is O=C(O)CNc1ncc2c(n1)CCCCC2. The number of rotatable bonds is 3. The molecule has 0 radical (unpaired) electrons. The van der Waals surface area contributed by atoms with Crippen LogP contribution < -0.4 is 5.32 Å². The Labute approximate surface area is 93.9 Å². The summed E-state index contributed by atoms with van der Waals surface area (Å²) in [4.78, 5) is 18.9. The van der Waals surface area contributed by atoms with Crippen molar-refractivity contribution in [2.45, 2.75) is 32.1 Å². The van der Waals surface area contributed by atoms with Crippen LogP contribution >= 0.6 is 0 Å². The molecule has 0 bridgehead atoms. The Hall–Kier alpha value is -1.65. The van der Waals surface area contributed by atoms with Crippen LogP contribution in [0.4, 0.5) is 5.95 Å². The van der Waals surface area contributed by atoms with Gasteiger partial charge in [-0.2, -0.15) is 0 Å². The highest BCUT2D eigenvalue weighted by Crippen LogP contribution is 2.18. The Morgan fingerprint density at radius 3 is 3.00 bits per heavy atom. The van der Waals surface area contributed by atoms with Gasteiger partial charge in [0.15, 0.2) is 0 Å². The predicted molar refractivity (Wildman–Crippen MR) is 59.4 cm³/mol. The number of aromatic nitrogens is 2. The van der Waals surface area contributed by atoms with Gasteiger partial charge in [0.1, 0.15) is 6.54 Å². The van der Waals surface area contributed by atoms with Gasteiger partial charge in [0.2, 0.25) is 5.95 Å². The number of nitrogens with zero attached hydrogens (tertiary/aromatic N) is 2. The topological polar surface area (TPSA) is 75.1 Å². The summed E-state index contributed by atoms with van der Waals surface area (Å²) in [5.41, 5.74) is 2.28. The van der Waals surface area contributed by atoms with E-state index in [9.17, 15) is 4.79 Å². The minimum absolute atomic E-state index is 0.140. The molecule has 86 valence electrons. The Balaban J connectivity index is 2.11. The summed E-state index contributed by atoms with van der Waals surface area (Å²) in [7, 11) is 0. The van der Waals surface area contributed by atoms with Crippen molar-refractivity contribution < 1.29 is 9.90 Å². The molecule has 1 aliphatic carbocycles. The highest BCUT2D eigenvalue weighted by molar-refractivity contribution is 5.71. The zero-order valence-corrected chi connectivity index (χ0v) is 9.07. The van der Waals surface area contributed by atoms with Crippen molar-refractivity contribution in [1.29, 1.82) is 0 Å². The van der Waals surface area contributed by atoms with Gasteiger partial charge in [-0.25, -0.2) is 9.97 Å². The molecule has 5 heteroatoms. The average molecular weight is 221 g/mol. The molecule has 0 saturated heterocycles. The number of hydrogen-bond donors (Lipinski definition) is 2. The molecule has 1 heterocycles. The lowest BCUT2D eigenvalue weighted by atomic mass is 10.1. The van der Waals surface area contributed by atoms with Gasteiger partial charge in [-0.1, -0.05) is 6.42 Å². The fourth-order valence-electron chi connectivity index (χ4n) is 1.89. The molecule has 0 unspecified atom stereocenters. The van der Waals surface area contributed by atoms with Crippen LogP contribution in [0.5, 0.6) is 0 Å². The summed E-state index contributed by atoms with van der Waals surface area (Å²) in [6, 6.07) is 0. The van der Waals surface area contributed by atoms with Crippen LogP contribution in [-0.4, -0.2) is 27.6 Å². The summed E-state index contributed by atoms with van der Waals surface area (Å²) in [5.74, 6) is -0.485. The molecular weight excluding hydrogens is 206 g/mol. The first-order valence-electron chi connectivity index (χ1n) is 5.56. The van der Waals surface area contributed by atoms with Crippen molar-refractivity contribution in [1.82, 2.24) is 9.97 Å². The number of fused-ring (bicyclic) bond motifs is 1. The third-order valence-electron chi connectivity index (χ3n) is 2.71. The lowest BCUT2D eigenvalue weighted by Gasteiger charge is -2.07. The van der Waals surface area contributed by atoms with Crippen LogP contribution in [-0.2, 0) is 17.6 Å². The first-order chi connectivity index (χ1) is 7.75. The van der Waals surface area contributed by atoms with Gasteiger partial charge < -0.3 is 10.4 Å². The minimum Gasteiger partial charge on any atom is -0.480 e. The monoisotopic (exact) mass is 221 g/mol. The standard InChI is InChI=1S/C11H15N3O2/c15-10(16)7-13-11-12-6-8-4-2-1-3-5-9(8)14-11/h6H,1-5,7H2,(H,15,16)(H,12,13,14). The first-order valence-corrected chi connectivity index (χ1v) is 5.56. The first kappa shape index (κ1) is 10.9. The Kier molecular flexibility index (Phi) is 3.34. The van der Waals surface area contributed by atoms with Gasteiger partial charge in [0, 0.05) is 11.9 Å². The summed E-state index contributed by atoms with van der Waals surface area (Å²) in [6.07, 6.45) is 7.40. The molecule has 0 fully saturated rings. The van der Waals surface area contributed by atoms with E-state index in [1.165, 1.54) is 18.4 Å². The van der Waals surface area contributed by atoms with Crippen molar-refractivity contribution in [3.63, 3.8) is 0 Å². The summed E-state index contributed by atoms with van der Waals surface area (Å²) < 4.78 is 0. The van der Waals surface area contributed by atoms with Gasteiger partial charge in [-0.3, -0.25) is 4.79 Å². The highest BCUT2D eigenvalue weighted by Gasteiger charge is 2.10. The smallest absolute Gasteiger partial charge is 0.322 e. The molecule has 1 aliphatic rings. The number of nitrogens with one attached hydrogen (secondary N) is 1. The van der Waals surface area contributed by atoms with E-state index >= 15 is 0 Å². The maximum atomic E-state index is 10.4. The normalized spacial score (nSPS) is 15.0. The van der Waals surface area contributed by atoms with Crippen LogP contribution in [0.3, 0.4) is 0 Å². The van der Waals surface area contributed by atoms with Gasteiger partial charge in [-0.15, -0.1) is 0 Å². The predicted octanol–water partition coefficient (Wildman–Crippen LogP) is 1.24. The fraction of sp³-hybridized carbons (Fsp3) is 0.545. The van der Waals surface area contributed by atoms with Crippen molar-refractivity contribution in [3.8, 4) is 0 Å². The molecule has 2 rings (SSSR count). The number of carboxylic acids is 1. The molecule has 0 saturated carbocycles. The third-order valence-corrected chi connectivity index (χ3v) is 2.71. The largest absolute Gasteiger partial charge is 0.480 e. The molecule has 2 N–H and O–H groups in total. The van der Waals surface area contributed by atoms with Crippen LogP contribution in [0.25, 0.3) is 0 Å². The number of aliphatic carboxylic acids is 1. The number of anilines is 1. The van der Waals surface area contributed by atoms with E-state index in [1.807, 2.05) is 6.20 Å². The molecule has 1 aromatic heterocycles. The second-order valence-corrected chi connectivity index (χ2v) is 3.97. The average Bonchev–Trinajstić information content (AvgIpc) is 2.50. The molecule has 5 nitrogen and oxygen atoms in total. The van der Waals surface area contributed by atoms with E-state index in [0.717, 1.165) is 25.0 Å². The number of carboxylic acid groups (broad SMARTS) is 1. The van der Waals surface area contributed by atoms with Crippen LogP contribution in [0, 0.1) is 0 Å². The minimum atomic E-state index is -0.904. The van der Waals surface area contributed by atoms with Crippen molar-refractivity contribution >= 4 is 11.9 Å². The van der Waals surface area contributed by atoms with E-state index in [0.29, 0.717) is 5.95 Å². The lowest BCUT2D eigenvalue weighted by Crippen LogP contribution is -2.15. The second kappa shape index (κ2) is 4.92. The zero-order chi connectivity index (χ0) is 11.4. The zero-order valence-electron chi connectivity index (χ0n) is 9.07. The van der Waals surface area contributed by atoms with Gasteiger partial charge in [0.05, 0.1) is 0 Å². The Bertz CT molecular complexity index is 393. The quantitative estimate of drug-likeness (QED) is 0.751. The Morgan fingerprint density at radius 1 is 1.38 bits per heavy atom. The molecule has 0 atom stereocenters. The highest BCUT2D eigenvalue weighted by atomic mass is 16.4. The van der Waals surface area contributed by atoms with Crippen LogP contribution in [0.1, 0.15) is 30.5 Å². The molecular formula is C11H15N3O2. The van der Waals surface area contributed by atoms with Gasteiger partial charge in [-0.05, 0) is 31.2 Å². The molecule has 0 aromatic carbocycles. The maximum absolute atomic E-state index is 10.4. The van der Waals surface area contributed by atoms with Gasteiger partial charge >= 0.3 is 5.97 Å². The van der Waals surface area contributed by atoms with Crippen LogP contribution in [0.15, 0.2) is 6.20 Å². The van der Waals surface area contributed by atoms with E-state index in [-0.39, 0.29) is 6.54 Å². The fourth-order valence-corrected chi connectivity index (χ4v) is 1.89. The van der Waals surface area contributed by atoms with Crippen molar-refractivity contribution in [2.75, 3.05) is 11.9 Å². The van der Waals surface area contributed by atoms with E-state index < -0.39 is 5.97 Å². The lowest BCUT2D eigenvalue weighted by molar-refractivity contribution is -0.134. The molecule has 0 spiro atoms. The molecule has 0 amide bonds. The summed E-state index contributed by atoms with van der Waals surface area (Å²) in [6.45, 7) is -0.140. The second-order valence-electron chi connectivity index (χ2n) is 3.97. The van der Waals surface area contributed by atoms with Crippen molar-refractivity contribution in [2.24, 2.45) is 0 Å². The Morgan fingerprint density at radius 2 is 2.19 bits per heavy atom. The third kappa shape index (κ3) is 2.68. The van der Waals surface area contributed by atoms with Crippen molar-refractivity contribution in [3.05, 3.63) is 17.5 Å². The molecule has 0 aliphatic heterocycles. The molecule has 16 heavy (non-hydrogen) atoms. The number of hydrogen-bond acceptors (Lipinski definition) is 4. The number of aryl methyl sites for hydroxylation is 2.